The van der Waals surface area contributed by atoms with E-state index >= 15 is 0 Å². The minimum atomic E-state index is -5.46. The van der Waals surface area contributed by atoms with E-state index in [2.05, 4.69) is 13.6 Å². The Labute approximate surface area is 164 Å². The van der Waals surface area contributed by atoms with Gasteiger partial charge in [0, 0.05) is 6.20 Å². The Morgan fingerprint density at radius 3 is 1.83 bits per heavy atom. The highest BCUT2D eigenvalue weighted by atomic mass is 31.3. The Hall–Kier alpha value is -1.07. The third kappa shape index (κ3) is 8.58. The zero-order valence-electron chi connectivity index (χ0n) is 14.3. The summed E-state index contributed by atoms with van der Waals surface area (Å²) in [6.07, 6.45) is -3.54. The number of aliphatic hydroxyl groups is 3. The van der Waals surface area contributed by atoms with Crippen LogP contribution < -0.4 is 11.2 Å². The number of H-pyrrole nitrogens is 2. The van der Waals surface area contributed by atoms with Gasteiger partial charge in [0.05, 0.1) is 12.2 Å². The van der Waals surface area contributed by atoms with Gasteiger partial charge >= 0.3 is 29.2 Å². The molecule has 1 unspecified atom stereocenters. The van der Waals surface area contributed by atoms with Crippen LogP contribution in [-0.2, 0) is 27.1 Å². The summed E-state index contributed by atoms with van der Waals surface area (Å²) in [7, 11) is -16.2. The first-order valence-corrected chi connectivity index (χ1v) is 11.8. The molecule has 4 atom stereocenters. The first-order valence-electron chi connectivity index (χ1n) is 7.26. The summed E-state index contributed by atoms with van der Waals surface area (Å²) in [6, 6.07) is 0. The largest absolute Gasteiger partial charge is 0.490 e. The summed E-state index contributed by atoms with van der Waals surface area (Å²) >= 11 is 0. The fourth-order valence-corrected chi connectivity index (χ4v) is 4.61. The predicted molar refractivity (Wildman–Crippen MR) is 90.5 cm³/mol. The number of rotatable bonds is 6. The van der Waals surface area contributed by atoms with Gasteiger partial charge in [0.2, 0.25) is 0 Å². The van der Waals surface area contributed by atoms with Gasteiger partial charge in [-0.25, -0.2) is 18.5 Å². The summed E-state index contributed by atoms with van der Waals surface area (Å²) in [6.45, 7) is -0.476. The highest BCUT2D eigenvalue weighted by Crippen LogP contribution is 2.64. The van der Waals surface area contributed by atoms with Crippen molar-refractivity contribution < 1.29 is 66.8 Å². The van der Waals surface area contributed by atoms with Gasteiger partial charge in [0.15, 0.2) is 0 Å². The quantitative estimate of drug-likeness (QED) is 0.169. The van der Waals surface area contributed by atoms with Crippen LogP contribution in [0.1, 0.15) is 11.7 Å². The van der Waals surface area contributed by atoms with Crippen molar-refractivity contribution in [3.63, 3.8) is 0 Å². The van der Waals surface area contributed by atoms with E-state index in [9.17, 15) is 33.5 Å². The SMILES string of the molecule is O=P(O)(O)OP(=O)(O)OP(=O)(O)O.O=c1[nH]cc(C2O[C@H](CO)[C@@H](O)[C@H]2O)c(=O)[nH]1. The van der Waals surface area contributed by atoms with E-state index in [1.807, 2.05) is 4.98 Å². The van der Waals surface area contributed by atoms with Crippen molar-refractivity contribution >= 4 is 23.5 Å². The van der Waals surface area contributed by atoms with Crippen molar-refractivity contribution in [1.82, 2.24) is 9.97 Å². The molecule has 2 rings (SSSR count). The van der Waals surface area contributed by atoms with Crippen molar-refractivity contribution in [1.29, 1.82) is 0 Å². The lowest BCUT2D eigenvalue weighted by molar-refractivity contribution is -0.0232. The van der Waals surface area contributed by atoms with Crippen LogP contribution in [0.2, 0.25) is 0 Å². The molecule has 0 saturated carbocycles. The summed E-state index contributed by atoms with van der Waals surface area (Å²) in [5.41, 5.74) is -1.39. The van der Waals surface area contributed by atoms with Crippen LogP contribution in [0.25, 0.3) is 0 Å². The maximum absolute atomic E-state index is 11.5. The molecule has 0 aromatic carbocycles. The molecule has 174 valence electrons. The highest BCUT2D eigenvalue weighted by molar-refractivity contribution is 7.66. The van der Waals surface area contributed by atoms with Crippen molar-refractivity contribution in [2.24, 2.45) is 0 Å². The van der Waals surface area contributed by atoms with Crippen LogP contribution in [0.4, 0.5) is 0 Å². The predicted octanol–water partition coefficient (Wildman–Crippen LogP) is -3.48. The molecule has 0 spiro atoms. The molecular weight excluding hydrogens is 485 g/mol. The molecule has 0 bridgehead atoms. The number of hydrogen-bond acceptors (Lipinski definition) is 11. The topological polar surface area (TPSA) is 306 Å². The van der Waals surface area contributed by atoms with Gasteiger partial charge in [-0.15, -0.1) is 0 Å². The van der Waals surface area contributed by atoms with E-state index in [1.165, 1.54) is 0 Å². The normalized spacial score (nSPS) is 24.9. The zero-order chi connectivity index (χ0) is 23.5. The monoisotopic (exact) mass is 502 g/mol. The molecule has 21 heteroatoms. The second-order valence-corrected chi connectivity index (χ2v) is 9.60. The van der Waals surface area contributed by atoms with Gasteiger partial charge in [-0.2, -0.15) is 8.62 Å². The molecule has 0 aliphatic carbocycles. The molecule has 18 nitrogen and oxygen atoms in total. The fourth-order valence-electron chi connectivity index (χ4n) is 2.07. The Morgan fingerprint density at radius 1 is 0.967 bits per heavy atom. The minimum Gasteiger partial charge on any atom is -0.394 e. The molecule has 0 amide bonds. The second-order valence-electron chi connectivity index (χ2n) is 5.40. The first-order chi connectivity index (χ1) is 13.5. The van der Waals surface area contributed by atoms with Crippen LogP contribution >= 0.6 is 23.5 Å². The van der Waals surface area contributed by atoms with Gasteiger partial charge in [0.1, 0.15) is 24.4 Å². The van der Waals surface area contributed by atoms with E-state index in [4.69, 9.17) is 34.3 Å². The fraction of sp³-hybridized carbons (Fsp3) is 0.556. The van der Waals surface area contributed by atoms with Gasteiger partial charge in [0.25, 0.3) is 5.56 Å². The Bertz CT molecular complexity index is 949. The third-order valence-corrected chi connectivity index (χ3v) is 6.47. The van der Waals surface area contributed by atoms with Crippen molar-refractivity contribution in [2.45, 2.75) is 24.4 Å². The lowest BCUT2D eigenvalue weighted by Crippen LogP contribution is -2.34. The third-order valence-electron chi connectivity index (χ3n) is 3.12. The average molecular weight is 502 g/mol. The molecule has 10 N–H and O–H groups in total. The van der Waals surface area contributed by atoms with Crippen LogP contribution in [-0.4, -0.2) is 74.7 Å². The van der Waals surface area contributed by atoms with E-state index in [-0.39, 0.29) is 5.56 Å². The van der Waals surface area contributed by atoms with Gasteiger partial charge in [-0.1, -0.05) is 0 Å². The zero-order valence-corrected chi connectivity index (χ0v) is 17.0. The van der Waals surface area contributed by atoms with Crippen molar-refractivity contribution in [3.05, 3.63) is 32.6 Å². The summed E-state index contributed by atoms with van der Waals surface area (Å²) in [5, 5.41) is 28.1. The second kappa shape index (κ2) is 10.0. The smallest absolute Gasteiger partial charge is 0.394 e. The first kappa shape index (κ1) is 27.0. The molecule has 1 saturated heterocycles. The van der Waals surface area contributed by atoms with Crippen LogP contribution in [0, 0.1) is 0 Å². The van der Waals surface area contributed by atoms with Crippen LogP contribution in [0.5, 0.6) is 0 Å². The molecule has 0 radical (unpaired) electrons. The number of hydrogen-bond donors (Lipinski definition) is 10. The van der Waals surface area contributed by atoms with Crippen molar-refractivity contribution in [3.8, 4) is 0 Å². The Morgan fingerprint density at radius 2 is 1.47 bits per heavy atom. The lowest BCUT2D eigenvalue weighted by atomic mass is 10.0. The number of aromatic amines is 2. The lowest BCUT2D eigenvalue weighted by Gasteiger charge is -2.13. The van der Waals surface area contributed by atoms with Crippen LogP contribution in [0.15, 0.2) is 15.8 Å². The molecule has 2 heterocycles. The highest BCUT2D eigenvalue weighted by Gasteiger charge is 2.44. The standard InChI is InChI=1S/C9H12N2O6.H5O10P3/c12-2-4-5(13)6(14)7(17-4)3-1-10-9(16)11-8(3)15;1-11(2,3)9-13(7,8)10-12(4,5)6/h1,4-7,12-14H,2H2,(H2,10,11,15,16);(H,7,8)(H2,1,2,3)(H2,4,5,6)/t4-,5-,6-,7?;/m1./s1. The molecule has 1 aromatic heterocycles. The van der Waals surface area contributed by atoms with Crippen molar-refractivity contribution in [2.75, 3.05) is 6.61 Å². The molecule has 30 heavy (non-hydrogen) atoms. The van der Waals surface area contributed by atoms with E-state index in [0.29, 0.717) is 0 Å². The van der Waals surface area contributed by atoms with Crippen LogP contribution in [0.3, 0.4) is 0 Å². The molecule has 1 aliphatic heterocycles. The summed E-state index contributed by atoms with van der Waals surface area (Å²) in [4.78, 5) is 66.7. The molecule has 1 fully saturated rings. The maximum Gasteiger partial charge on any atom is 0.490 e. The van der Waals surface area contributed by atoms with Gasteiger partial charge < -0.3 is 49.5 Å². The maximum atomic E-state index is 11.5. The number of ether oxygens (including phenoxy) is 1. The summed E-state index contributed by atoms with van der Waals surface area (Å²) in [5.74, 6) is 0. The molecule has 1 aliphatic rings. The average Bonchev–Trinajstić information content (AvgIpc) is 2.79. The molecule has 1 aromatic rings. The number of aliphatic hydroxyl groups excluding tert-OH is 3. The minimum absolute atomic E-state index is 0.00731. The van der Waals surface area contributed by atoms with Gasteiger partial charge in [-0.3, -0.25) is 9.78 Å². The Kier molecular flexibility index (Phi) is 9.02. The number of phosphoric acid groups is 3. The van der Waals surface area contributed by atoms with E-state index in [0.717, 1.165) is 6.20 Å². The number of aromatic nitrogens is 2. The Balaban J connectivity index is 0.000000314. The van der Waals surface area contributed by atoms with Gasteiger partial charge in [-0.05, 0) is 0 Å². The molecular formula is C9H17N2O16P3. The van der Waals surface area contributed by atoms with E-state index < -0.39 is 65.7 Å². The van der Waals surface area contributed by atoms with E-state index in [1.54, 1.807) is 0 Å². The summed E-state index contributed by atoms with van der Waals surface area (Å²) < 4.78 is 41.5. The number of nitrogens with one attached hydrogen (secondary N) is 2.